The number of hydrogen-bond donors (Lipinski definition) is 2. The molecule has 0 aliphatic carbocycles. The van der Waals surface area contributed by atoms with Crippen LogP contribution in [0.25, 0.3) is 11.0 Å². The van der Waals surface area contributed by atoms with E-state index in [-0.39, 0.29) is 5.75 Å². The normalized spacial score (nSPS) is 10.6. The lowest BCUT2D eigenvalue weighted by molar-refractivity contribution is 0.476. The third-order valence-electron chi connectivity index (χ3n) is 1.49. The van der Waals surface area contributed by atoms with Crippen molar-refractivity contribution < 1.29 is 5.11 Å². The first-order chi connectivity index (χ1) is 5.27. The van der Waals surface area contributed by atoms with Gasteiger partial charge in [0.2, 0.25) is 0 Å². The number of halogens is 1. The van der Waals surface area contributed by atoms with E-state index < -0.39 is 0 Å². The van der Waals surface area contributed by atoms with E-state index >= 15 is 0 Å². The molecule has 11 heavy (non-hydrogen) atoms. The first-order valence-corrected chi connectivity index (χ1v) is 3.47. The molecule has 0 unspecified atom stereocenters. The monoisotopic (exact) mass is 168 g/mol. The summed E-state index contributed by atoms with van der Waals surface area (Å²) in [6, 6.07) is 3.16. The quantitative estimate of drug-likeness (QED) is 0.632. The van der Waals surface area contributed by atoms with Crippen molar-refractivity contribution in [3.63, 3.8) is 0 Å². The topological polar surface area (TPSA) is 48.9 Å². The Hall–Kier alpha value is -1.22. The van der Waals surface area contributed by atoms with Gasteiger partial charge in [0, 0.05) is 6.07 Å². The summed E-state index contributed by atoms with van der Waals surface area (Å²) in [6.07, 6.45) is 1.56. The fraction of sp³-hybridized carbons (Fsp3) is 0. The van der Waals surface area contributed by atoms with Crippen LogP contribution in [0.4, 0.5) is 0 Å². The molecule has 0 spiro atoms. The minimum atomic E-state index is 0.0614. The summed E-state index contributed by atoms with van der Waals surface area (Å²) in [5.41, 5.74) is 1.54. The van der Waals surface area contributed by atoms with Gasteiger partial charge in [-0.3, -0.25) is 0 Å². The molecule has 1 aromatic heterocycles. The molecule has 3 nitrogen and oxygen atoms in total. The lowest BCUT2D eigenvalue weighted by Crippen LogP contribution is -1.71. The molecule has 56 valence electrons. The SMILES string of the molecule is Oc1cc2nc[nH]c2cc1Cl. The smallest absolute Gasteiger partial charge is 0.136 e. The highest BCUT2D eigenvalue weighted by atomic mass is 35.5. The Labute approximate surface area is 67.6 Å². The van der Waals surface area contributed by atoms with Crippen LogP contribution in [0.2, 0.25) is 5.02 Å². The van der Waals surface area contributed by atoms with Crippen LogP contribution in [0, 0.1) is 0 Å². The first-order valence-electron chi connectivity index (χ1n) is 3.09. The van der Waals surface area contributed by atoms with Crippen LogP contribution in [0.3, 0.4) is 0 Å². The summed E-state index contributed by atoms with van der Waals surface area (Å²) in [6.45, 7) is 0. The van der Waals surface area contributed by atoms with E-state index in [9.17, 15) is 0 Å². The van der Waals surface area contributed by atoms with Crippen molar-refractivity contribution in [1.82, 2.24) is 9.97 Å². The summed E-state index contributed by atoms with van der Waals surface area (Å²) < 4.78 is 0. The Kier molecular flexibility index (Phi) is 1.26. The Bertz CT molecular complexity index is 360. The number of aromatic amines is 1. The van der Waals surface area contributed by atoms with Crippen molar-refractivity contribution in [3.05, 3.63) is 23.5 Å². The molecule has 0 aliphatic heterocycles. The molecule has 2 rings (SSSR count). The molecule has 0 atom stereocenters. The number of nitrogens with one attached hydrogen (secondary N) is 1. The van der Waals surface area contributed by atoms with E-state index in [0.29, 0.717) is 10.5 Å². The average molecular weight is 169 g/mol. The molecule has 0 fully saturated rings. The van der Waals surface area contributed by atoms with Crippen LogP contribution in [0.15, 0.2) is 18.5 Å². The molecule has 0 radical (unpaired) electrons. The Morgan fingerprint density at radius 3 is 3.09 bits per heavy atom. The predicted molar refractivity (Wildman–Crippen MR) is 42.8 cm³/mol. The van der Waals surface area contributed by atoms with Crippen LogP contribution >= 0.6 is 11.6 Å². The van der Waals surface area contributed by atoms with Crippen molar-refractivity contribution in [2.45, 2.75) is 0 Å². The number of phenols is 1. The van der Waals surface area contributed by atoms with Gasteiger partial charge in [-0.15, -0.1) is 0 Å². The van der Waals surface area contributed by atoms with Gasteiger partial charge in [-0.1, -0.05) is 11.6 Å². The molecular weight excluding hydrogens is 164 g/mol. The van der Waals surface area contributed by atoms with Gasteiger partial charge in [-0.05, 0) is 6.07 Å². The van der Waals surface area contributed by atoms with E-state index in [4.69, 9.17) is 16.7 Å². The van der Waals surface area contributed by atoms with Gasteiger partial charge in [0.25, 0.3) is 0 Å². The van der Waals surface area contributed by atoms with Crippen molar-refractivity contribution in [2.75, 3.05) is 0 Å². The zero-order chi connectivity index (χ0) is 7.84. The zero-order valence-corrected chi connectivity index (χ0v) is 6.26. The van der Waals surface area contributed by atoms with Crippen molar-refractivity contribution in [2.24, 2.45) is 0 Å². The van der Waals surface area contributed by atoms with Crippen molar-refractivity contribution in [1.29, 1.82) is 0 Å². The molecule has 4 heteroatoms. The molecule has 0 bridgehead atoms. The van der Waals surface area contributed by atoms with E-state index in [0.717, 1.165) is 5.52 Å². The van der Waals surface area contributed by atoms with Gasteiger partial charge in [0.1, 0.15) is 5.75 Å². The van der Waals surface area contributed by atoms with Crippen LogP contribution < -0.4 is 0 Å². The van der Waals surface area contributed by atoms with Gasteiger partial charge < -0.3 is 10.1 Å². The van der Waals surface area contributed by atoms with Crippen molar-refractivity contribution in [3.8, 4) is 5.75 Å². The van der Waals surface area contributed by atoms with Gasteiger partial charge >= 0.3 is 0 Å². The number of fused-ring (bicyclic) bond motifs is 1. The second-order valence-corrected chi connectivity index (χ2v) is 2.63. The number of imidazole rings is 1. The summed E-state index contributed by atoms with van der Waals surface area (Å²) in [4.78, 5) is 6.83. The third kappa shape index (κ3) is 0.935. The molecule has 0 saturated carbocycles. The van der Waals surface area contributed by atoms with Gasteiger partial charge in [-0.2, -0.15) is 0 Å². The lowest BCUT2D eigenvalue weighted by atomic mass is 10.3. The summed E-state index contributed by atoms with van der Waals surface area (Å²) in [5, 5.41) is 9.48. The Morgan fingerprint density at radius 2 is 2.27 bits per heavy atom. The first kappa shape index (κ1) is 6.49. The minimum absolute atomic E-state index is 0.0614. The summed E-state index contributed by atoms with van der Waals surface area (Å²) >= 11 is 5.65. The number of aromatic nitrogens is 2. The summed E-state index contributed by atoms with van der Waals surface area (Å²) in [7, 11) is 0. The molecule has 2 aromatic rings. The minimum Gasteiger partial charge on any atom is -0.506 e. The van der Waals surface area contributed by atoms with E-state index in [2.05, 4.69) is 9.97 Å². The standard InChI is InChI=1S/C7H5ClN2O/c8-4-1-5-6(2-7(4)11)10-3-9-5/h1-3,11H,(H,9,10). The maximum atomic E-state index is 9.15. The number of phenolic OH excluding ortho intramolecular Hbond substituents is 1. The van der Waals surface area contributed by atoms with Crippen LogP contribution in [0.1, 0.15) is 0 Å². The fourth-order valence-corrected chi connectivity index (χ4v) is 1.11. The van der Waals surface area contributed by atoms with Crippen molar-refractivity contribution >= 4 is 22.6 Å². The van der Waals surface area contributed by atoms with E-state index in [1.54, 1.807) is 12.4 Å². The molecule has 2 N–H and O–H groups in total. The fourth-order valence-electron chi connectivity index (χ4n) is 0.945. The molecular formula is C7H5ClN2O. The highest BCUT2D eigenvalue weighted by Gasteiger charge is 2.01. The number of rotatable bonds is 0. The highest BCUT2D eigenvalue weighted by Crippen LogP contribution is 2.26. The van der Waals surface area contributed by atoms with Crippen LogP contribution in [-0.4, -0.2) is 15.1 Å². The van der Waals surface area contributed by atoms with E-state index in [1.165, 1.54) is 6.07 Å². The molecule has 0 amide bonds. The molecule has 0 saturated heterocycles. The van der Waals surface area contributed by atoms with Crippen LogP contribution in [0.5, 0.6) is 5.75 Å². The molecule has 0 aliphatic rings. The number of nitrogens with zero attached hydrogens (tertiary/aromatic N) is 1. The summed E-state index contributed by atoms with van der Waals surface area (Å²) in [5.74, 6) is 0.0614. The Morgan fingerprint density at radius 1 is 1.45 bits per heavy atom. The van der Waals surface area contributed by atoms with Gasteiger partial charge in [0.05, 0.1) is 22.4 Å². The second-order valence-electron chi connectivity index (χ2n) is 2.22. The van der Waals surface area contributed by atoms with Gasteiger partial charge in [-0.25, -0.2) is 4.98 Å². The Balaban J connectivity index is 2.86. The number of benzene rings is 1. The maximum Gasteiger partial charge on any atom is 0.136 e. The third-order valence-corrected chi connectivity index (χ3v) is 1.79. The predicted octanol–water partition coefficient (Wildman–Crippen LogP) is 1.92. The maximum absolute atomic E-state index is 9.15. The number of hydrogen-bond acceptors (Lipinski definition) is 2. The largest absolute Gasteiger partial charge is 0.506 e. The van der Waals surface area contributed by atoms with E-state index in [1.807, 2.05) is 0 Å². The lowest BCUT2D eigenvalue weighted by Gasteiger charge is -1.94. The highest BCUT2D eigenvalue weighted by molar-refractivity contribution is 6.32. The zero-order valence-electron chi connectivity index (χ0n) is 5.50. The number of aromatic hydroxyl groups is 1. The molecule has 1 heterocycles. The van der Waals surface area contributed by atoms with Gasteiger partial charge in [0.15, 0.2) is 0 Å². The molecule has 1 aromatic carbocycles. The second kappa shape index (κ2) is 2.13. The van der Waals surface area contributed by atoms with Crippen LogP contribution in [-0.2, 0) is 0 Å². The average Bonchev–Trinajstić information content (AvgIpc) is 2.36. The number of H-pyrrole nitrogens is 1.